The van der Waals surface area contributed by atoms with Crippen molar-refractivity contribution in [3.8, 4) is 0 Å². The lowest BCUT2D eigenvalue weighted by molar-refractivity contribution is 0.221. The Morgan fingerprint density at radius 1 is 0.955 bits per heavy atom. The van der Waals surface area contributed by atoms with Crippen LogP contribution in [-0.4, -0.2) is 30.6 Å². The van der Waals surface area contributed by atoms with Gasteiger partial charge < -0.3 is 4.90 Å². The van der Waals surface area contributed by atoms with Crippen molar-refractivity contribution in [3.63, 3.8) is 0 Å². The van der Waals surface area contributed by atoms with Gasteiger partial charge in [-0.2, -0.15) is 0 Å². The van der Waals surface area contributed by atoms with Gasteiger partial charge in [-0.25, -0.2) is 0 Å². The van der Waals surface area contributed by atoms with Crippen molar-refractivity contribution in [1.82, 2.24) is 4.90 Å². The highest BCUT2D eigenvalue weighted by molar-refractivity contribution is 5.49. The Labute approximate surface area is 134 Å². The molecule has 1 fully saturated rings. The summed E-state index contributed by atoms with van der Waals surface area (Å²) >= 11 is 0. The number of hydrogen-bond acceptors (Lipinski definition) is 2. The molecule has 22 heavy (non-hydrogen) atoms. The summed E-state index contributed by atoms with van der Waals surface area (Å²) in [7, 11) is 0. The van der Waals surface area contributed by atoms with Crippen LogP contribution in [0.4, 0.5) is 5.69 Å². The summed E-state index contributed by atoms with van der Waals surface area (Å²) in [6.07, 6.45) is 0. The average Bonchev–Trinajstić information content (AvgIpc) is 2.49. The molecule has 0 amide bonds. The average molecular weight is 294 g/mol. The van der Waals surface area contributed by atoms with Gasteiger partial charge in [-0.1, -0.05) is 47.5 Å². The van der Waals surface area contributed by atoms with E-state index in [1.54, 1.807) is 0 Å². The Kier molecular flexibility index (Phi) is 4.49. The second kappa shape index (κ2) is 6.53. The second-order valence-electron chi connectivity index (χ2n) is 6.60. The van der Waals surface area contributed by atoms with Crippen LogP contribution in [0, 0.1) is 13.8 Å². The van der Waals surface area contributed by atoms with Gasteiger partial charge in [0, 0.05) is 37.9 Å². The minimum absolute atomic E-state index is 0.557. The van der Waals surface area contributed by atoms with Gasteiger partial charge in [-0.05, 0) is 38.5 Å². The molecule has 2 aromatic rings. The van der Waals surface area contributed by atoms with Crippen molar-refractivity contribution >= 4 is 5.69 Å². The van der Waals surface area contributed by atoms with Gasteiger partial charge in [-0.15, -0.1) is 0 Å². The summed E-state index contributed by atoms with van der Waals surface area (Å²) in [6, 6.07) is 18.4. The molecule has 116 valence electrons. The molecule has 0 aliphatic carbocycles. The fourth-order valence-corrected chi connectivity index (χ4v) is 3.37. The zero-order valence-electron chi connectivity index (χ0n) is 13.9. The first-order valence-electron chi connectivity index (χ1n) is 8.23. The predicted molar refractivity (Wildman–Crippen MR) is 94.4 cm³/mol. The molecular weight excluding hydrogens is 268 g/mol. The first-order valence-corrected chi connectivity index (χ1v) is 8.23. The van der Waals surface area contributed by atoms with Crippen LogP contribution in [0.3, 0.4) is 0 Å². The summed E-state index contributed by atoms with van der Waals surface area (Å²) in [5, 5.41) is 0. The summed E-state index contributed by atoms with van der Waals surface area (Å²) in [4.78, 5) is 5.11. The Bertz CT molecular complexity index is 618. The minimum Gasteiger partial charge on any atom is -0.366 e. The van der Waals surface area contributed by atoms with Crippen molar-refractivity contribution in [3.05, 3.63) is 65.2 Å². The number of benzene rings is 2. The molecule has 2 aromatic carbocycles. The highest BCUT2D eigenvalue weighted by Gasteiger charge is 2.23. The van der Waals surface area contributed by atoms with Gasteiger partial charge in [0.2, 0.25) is 0 Å². The van der Waals surface area contributed by atoms with E-state index in [-0.39, 0.29) is 0 Å². The van der Waals surface area contributed by atoms with Gasteiger partial charge in [0.1, 0.15) is 0 Å². The van der Waals surface area contributed by atoms with Crippen molar-refractivity contribution in [1.29, 1.82) is 0 Å². The molecule has 3 rings (SSSR count). The van der Waals surface area contributed by atoms with Gasteiger partial charge in [0.15, 0.2) is 0 Å². The molecule has 1 heterocycles. The topological polar surface area (TPSA) is 6.48 Å². The van der Waals surface area contributed by atoms with Crippen LogP contribution in [0.15, 0.2) is 48.5 Å². The van der Waals surface area contributed by atoms with E-state index in [9.17, 15) is 0 Å². The summed E-state index contributed by atoms with van der Waals surface area (Å²) in [5.41, 5.74) is 5.46. The molecule has 2 nitrogen and oxygen atoms in total. The fraction of sp³-hybridized carbons (Fsp3) is 0.400. The number of anilines is 1. The summed E-state index contributed by atoms with van der Waals surface area (Å²) < 4.78 is 0. The standard InChI is InChI=1S/C20H26N2/c1-16-7-9-20(10-8-16)22-12-11-21(14-18(22)3)15-19-6-4-5-17(2)13-19/h4-10,13,18H,11-12,14-15H2,1-3H3. The normalized spacial score (nSPS) is 19.4. The van der Waals surface area contributed by atoms with Crippen LogP contribution in [0.25, 0.3) is 0 Å². The van der Waals surface area contributed by atoms with E-state index < -0.39 is 0 Å². The summed E-state index contributed by atoms with van der Waals surface area (Å²) in [5.74, 6) is 0. The first-order chi connectivity index (χ1) is 10.6. The number of nitrogens with zero attached hydrogens (tertiary/aromatic N) is 2. The lowest BCUT2D eigenvalue weighted by Crippen LogP contribution is -2.51. The molecule has 0 bridgehead atoms. The SMILES string of the molecule is Cc1ccc(N2CCN(Cc3cccc(C)c3)CC2C)cc1. The molecule has 0 saturated carbocycles. The quantitative estimate of drug-likeness (QED) is 0.844. The molecule has 1 unspecified atom stereocenters. The molecule has 0 aromatic heterocycles. The highest BCUT2D eigenvalue weighted by atomic mass is 15.3. The molecular formula is C20H26N2. The Hall–Kier alpha value is -1.80. The molecule has 1 aliphatic heterocycles. The van der Waals surface area contributed by atoms with Crippen LogP contribution >= 0.6 is 0 Å². The van der Waals surface area contributed by atoms with Crippen molar-refractivity contribution in [2.24, 2.45) is 0 Å². The van der Waals surface area contributed by atoms with Gasteiger partial charge in [0.25, 0.3) is 0 Å². The smallest absolute Gasteiger partial charge is 0.0389 e. The zero-order valence-corrected chi connectivity index (χ0v) is 13.9. The van der Waals surface area contributed by atoms with Crippen molar-refractivity contribution in [2.75, 3.05) is 24.5 Å². The molecule has 0 spiro atoms. The van der Waals surface area contributed by atoms with Crippen LogP contribution in [0.1, 0.15) is 23.6 Å². The van der Waals surface area contributed by atoms with E-state index >= 15 is 0 Å². The molecule has 0 N–H and O–H groups in total. The van der Waals surface area contributed by atoms with Crippen LogP contribution in [0.2, 0.25) is 0 Å². The van der Waals surface area contributed by atoms with E-state index in [4.69, 9.17) is 0 Å². The second-order valence-corrected chi connectivity index (χ2v) is 6.60. The van der Waals surface area contributed by atoms with Crippen LogP contribution in [-0.2, 0) is 6.54 Å². The maximum atomic E-state index is 2.57. The fourth-order valence-electron chi connectivity index (χ4n) is 3.37. The third kappa shape index (κ3) is 3.50. The molecule has 1 saturated heterocycles. The first kappa shape index (κ1) is 15.1. The molecule has 1 atom stereocenters. The minimum atomic E-state index is 0.557. The van der Waals surface area contributed by atoms with E-state index in [0.717, 1.165) is 26.2 Å². The maximum absolute atomic E-state index is 2.57. The van der Waals surface area contributed by atoms with Crippen molar-refractivity contribution in [2.45, 2.75) is 33.4 Å². The lowest BCUT2D eigenvalue weighted by Gasteiger charge is -2.41. The lowest BCUT2D eigenvalue weighted by atomic mass is 10.1. The number of rotatable bonds is 3. The number of aryl methyl sites for hydroxylation is 2. The summed E-state index contributed by atoms with van der Waals surface area (Å²) in [6.45, 7) is 11.1. The Balaban J connectivity index is 1.63. The Morgan fingerprint density at radius 2 is 1.73 bits per heavy atom. The molecule has 0 radical (unpaired) electrons. The Morgan fingerprint density at radius 3 is 2.41 bits per heavy atom. The van der Waals surface area contributed by atoms with Gasteiger partial charge in [0.05, 0.1) is 0 Å². The maximum Gasteiger partial charge on any atom is 0.0389 e. The highest BCUT2D eigenvalue weighted by Crippen LogP contribution is 2.22. The predicted octanol–water partition coefficient (Wildman–Crippen LogP) is 4.01. The van der Waals surface area contributed by atoms with Crippen LogP contribution in [0.5, 0.6) is 0 Å². The number of hydrogen-bond donors (Lipinski definition) is 0. The van der Waals surface area contributed by atoms with E-state index in [1.807, 2.05) is 0 Å². The largest absolute Gasteiger partial charge is 0.366 e. The zero-order chi connectivity index (χ0) is 15.5. The van der Waals surface area contributed by atoms with Crippen LogP contribution < -0.4 is 4.90 Å². The van der Waals surface area contributed by atoms with E-state index in [2.05, 4.69) is 79.1 Å². The van der Waals surface area contributed by atoms with E-state index in [0.29, 0.717) is 6.04 Å². The third-order valence-electron chi connectivity index (χ3n) is 4.57. The molecule has 1 aliphatic rings. The number of piperazine rings is 1. The van der Waals surface area contributed by atoms with Crippen molar-refractivity contribution < 1.29 is 0 Å². The van der Waals surface area contributed by atoms with Gasteiger partial charge >= 0.3 is 0 Å². The van der Waals surface area contributed by atoms with E-state index in [1.165, 1.54) is 22.4 Å². The monoisotopic (exact) mass is 294 g/mol. The molecule has 2 heteroatoms. The van der Waals surface area contributed by atoms with Gasteiger partial charge in [-0.3, -0.25) is 4.90 Å². The third-order valence-corrected chi connectivity index (χ3v) is 4.57.